The molecule has 4 heteroatoms. The van der Waals surface area contributed by atoms with E-state index in [1.54, 1.807) is 48.6 Å². The van der Waals surface area contributed by atoms with Gasteiger partial charge in [-0.1, -0.05) is 18.2 Å². The lowest BCUT2D eigenvalue weighted by Crippen LogP contribution is -2.27. The van der Waals surface area contributed by atoms with Crippen LogP contribution in [0.15, 0.2) is 54.9 Å². The molecular formula is C17H18N2O2. The fraction of sp³-hybridized carbons (Fsp3) is 0.176. The molecule has 1 aromatic heterocycles. The fourth-order valence-corrected chi connectivity index (χ4v) is 1.84. The summed E-state index contributed by atoms with van der Waals surface area (Å²) in [5.74, 6) is 0.209. The van der Waals surface area contributed by atoms with Crippen LogP contribution < -0.4 is 0 Å². The van der Waals surface area contributed by atoms with E-state index in [0.29, 0.717) is 6.54 Å². The number of benzene rings is 1. The summed E-state index contributed by atoms with van der Waals surface area (Å²) in [6.07, 6.45) is 7.46. The summed E-state index contributed by atoms with van der Waals surface area (Å²) in [6.45, 7) is 0.626. The molecule has 21 heavy (non-hydrogen) atoms. The van der Waals surface area contributed by atoms with Gasteiger partial charge in [0.15, 0.2) is 0 Å². The topological polar surface area (TPSA) is 53.4 Å². The average Bonchev–Trinajstić information content (AvgIpc) is 2.52. The lowest BCUT2D eigenvalue weighted by Gasteiger charge is -2.15. The molecule has 1 aromatic carbocycles. The van der Waals surface area contributed by atoms with E-state index in [4.69, 9.17) is 0 Å². The SMILES string of the molecule is CN(CCc1ccc(O)cc1)C(=O)/C=C/c1cccnc1. The molecule has 2 aromatic rings. The number of carbonyl (C=O) groups is 1. The highest BCUT2D eigenvalue weighted by molar-refractivity contribution is 5.91. The number of carbonyl (C=O) groups excluding carboxylic acids is 1. The zero-order valence-electron chi connectivity index (χ0n) is 11.9. The number of pyridine rings is 1. The number of amides is 1. The maximum Gasteiger partial charge on any atom is 0.246 e. The van der Waals surface area contributed by atoms with E-state index in [0.717, 1.165) is 17.5 Å². The lowest BCUT2D eigenvalue weighted by molar-refractivity contribution is -0.124. The minimum Gasteiger partial charge on any atom is -0.508 e. The van der Waals surface area contributed by atoms with Crippen molar-refractivity contribution in [2.75, 3.05) is 13.6 Å². The van der Waals surface area contributed by atoms with Gasteiger partial charge in [0.2, 0.25) is 5.91 Å². The third kappa shape index (κ3) is 4.76. The van der Waals surface area contributed by atoms with Gasteiger partial charge in [0, 0.05) is 32.1 Å². The Bertz CT molecular complexity index is 606. The second-order valence-electron chi connectivity index (χ2n) is 4.80. The molecule has 0 saturated carbocycles. The number of nitrogens with zero attached hydrogens (tertiary/aromatic N) is 2. The average molecular weight is 282 g/mol. The summed E-state index contributed by atoms with van der Waals surface area (Å²) >= 11 is 0. The molecule has 1 amide bonds. The highest BCUT2D eigenvalue weighted by Gasteiger charge is 2.05. The standard InChI is InChI=1S/C17H18N2O2/c1-19(12-10-14-4-7-16(20)8-5-14)17(21)9-6-15-3-2-11-18-13-15/h2-9,11,13,20H,10,12H2,1H3/b9-6+. The molecule has 0 aliphatic rings. The van der Waals surface area contributed by atoms with Crippen LogP contribution in [0.25, 0.3) is 6.08 Å². The predicted octanol–water partition coefficient (Wildman–Crippen LogP) is 2.50. The molecule has 0 aliphatic heterocycles. The summed E-state index contributed by atoms with van der Waals surface area (Å²) in [5.41, 5.74) is 1.99. The van der Waals surface area contributed by atoms with Gasteiger partial charge >= 0.3 is 0 Å². The lowest BCUT2D eigenvalue weighted by atomic mass is 10.1. The van der Waals surface area contributed by atoms with Gasteiger partial charge in [0.25, 0.3) is 0 Å². The molecule has 1 heterocycles. The minimum atomic E-state index is -0.0439. The highest BCUT2D eigenvalue weighted by atomic mass is 16.3. The van der Waals surface area contributed by atoms with E-state index in [9.17, 15) is 9.90 Å². The largest absolute Gasteiger partial charge is 0.508 e. The summed E-state index contributed by atoms with van der Waals surface area (Å²) in [6, 6.07) is 10.8. The van der Waals surface area contributed by atoms with Gasteiger partial charge < -0.3 is 10.0 Å². The van der Waals surface area contributed by atoms with Crippen LogP contribution in [0.3, 0.4) is 0 Å². The minimum absolute atomic E-state index is 0.0439. The van der Waals surface area contributed by atoms with Crippen LogP contribution in [0.1, 0.15) is 11.1 Å². The first kappa shape index (κ1) is 14.8. The number of likely N-dealkylation sites (N-methyl/N-ethyl adjacent to an activating group) is 1. The number of hydrogen-bond acceptors (Lipinski definition) is 3. The van der Waals surface area contributed by atoms with Crippen LogP contribution in [0, 0.1) is 0 Å². The molecule has 1 N–H and O–H groups in total. The normalized spacial score (nSPS) is 10.7. The molecule has 0 bridgehead atoms. The fourth-order valence-electron chi connectivity index (χ4n) is 1.84. The second kappa shape index (κ2) is 7.24. The van der Waals surface area contributed by atoms with Crippen LogP contribution >= 0.6 is 0 Å². The maximum atomic E-state index is 12.0. The Morgan fingerprint density at radius 2 is 2.05 bits per heavy atom. The zero-order valence-corrected chi connectivity index (χ0v) is 11.9. The Morgan fingerprint density at radius 1 is 1.29 bits per heavy atom. The van der Waals surface area contributed by atoms with Crippen LogP contribution in [0.2, 0.25) is 0 Å². The predicted molar refractivity (Wildman–Crippen MR) is 82.7 cm³/mol. The summed E-state index contributed by atoms with van der Waals surface area (Å²) in [5, 5.41) is 9.22. The Morgan fingerprint density at radius 3 is 2.71 bits per heavy atom. The first-order valence-electron chi connectivity index (χ1n) is 6.76. The Balaban J connectivity index is 1.85. The van der Waals surface area contributed by atoms with E-state index in [2.05, 4.69) is 4.98 Å². The Kier molecular flexibility index (Phi) is 5.10. The zero-order chi connectivity index (χ0) is 15.1. The number of aromatic hydroxyl groups is 1. The van der Waals surface area contributed by atoms with E-state index in [1.807, 2.05) is 24.3 Å². The van der Waals surface area contributed by atoms with Gasteiger partial charge in [-0.2, -0.15) is 0 Å². The van der Waals surface area contributed by atoms with E-state index in [-0.39, 0.29) is 11.7 Å². The van der Waals surface area contributed by atoms with Gasteiger partial charge in [-0.05, 0) is 41.8 Å². The summed E-state index contributed by atoms with van der Waals surface area (Å²) in [7, 11) is 1.77. The van der Waals surface area contributed by atoms with Crippen molar-refractivity contribution < 1.29 is 9.90 Å². The first-order chi connectivity index (χ1) is 10.1. The van der Waals surface area contributed by atoms with Crippen molar-refractivity contribution in [2.45, 2.75) is 6.42 Å². The van der Waals surface area contributed by atoms with Crippen molar-refractivity contribution in [3.63, 3.8) is 0 Å². The molecule has 0 saturated heterocycles. The molecule has 0 unspecified atom stereocenters. The van der Waals surface area contributed by atoms with E-state index < -0.39 is 0 Å². The van der Waals surface area contributed by atoms with Crippen molar-refractivity contribution in [1.29, 1.82) is 0 Å². The molecule has 0 fully saturated rings. The quantitative estimate of drug-likeness (QED) is 0.857. The summed E-state index contributed by atoms with van der Waals surface area (Å²) in [4.78, 5) is 17.6. The number of rotatable bonds is 5. The van der Waals surface area contributed by atoms with Crippen molar-refractivity contribution in [3.8, 4) is 5.75 Å². The van der Waals surface area contributed by atoms with Gasteiger partial charge in [0.1, 0.15) is 5.75 Å². The molecular weight excluding hydrogens is 264 g/mol. The third-order valence-electron chi connectivity index (χ3n) is 3.15. The van der Waals surface area contributed by atoms with Crippen molar-refractivity contribution in [2.24, 2.45) is 0 Å². The molecule has 0 spiro atoms. The molecule has 4 nitrogen and oxygen atoms in total. The maximum absolute atomic E-state index is 12.0. The van der Waals surface area contributed by atoms with Gasteiger partial charge in [-0.15, -0.1) is 0 Å². The van der Waals surface area contributed by atoms with Crippen LogP contribution in [0.4, 0.5) is 0 Å². The third-order valence-corrected chi connectivity index (χ3v) is 3.15. The smallest absolute Gasteiger partial charge is 0.246 e. The van der Waals surface area contributed by atoms with Gasteiger partial charge in [0.05, 0.1) is 0 Å². The van der Waals surface area contributed by atoms with Gasteiger partial charge in [-0.25, -0.2) is 0 Å². The van der Waals surface area contributed by atoms with Crippen molar-refractivity contribution >= 4 is 12.0 Å². The molecule has 0 atom stereocenters. The van der Waals surface area contributed by atoms with Gasteiger partial charge in [-0.3, -0.25) is 9.78 Å². The van der Waals surface area contributed by atoms with Crippen molar-refractivity contribution in [3.05, 3.63) is 66.0 Å². The molecule has 0 radical (unpaired) electrons. The second-order valence-corrected chi connectivity index (χ2v) is 4.80. The number of aromatic nitrogens is 1. The van der Waals surface area contributed by atoms with E-state index >= 15 is 0 Å². The number of phenolic OH excluding ortho intramolecular Hbond substituents is 1. The number of phenols is 1. The molecule has 2 rings (SSSR count). The Labute approximate surface area is 124 Å². The first-order valence-corrected chi connectivity index (χ1v) is 6.76. The monoisotopic (exact) mass is 282 g/mol. The Hall–Kier alpha value is -2.62. The van der Waals surface area contributed by atoms with E-state index in [1.165, 1.54) is 0 Å². The highest BCUT2D eigenvalue weighted by Crippen LogP contribution is 2.10. The van der Waals surface area contributed by atoms with Crippen LogP contribution in [0.5, 0.6) is 5.75 Å². The summed E-state index contributed by atoms with van der Waals surface area (Å²) < 4.78 is 0. The molecule has 108 valence electrons. The van der Waals surface area contributed by atoms with Crippen LogP contribution in [-0.4, -0.2) is 34.5 Å². The van der Waals surface area contributed by atoms with Crippen LogP contribution in [-0.2, 0) is 11.2 Å². The van der Waals surface area contributed by atoms with Crippen molar-refractivity contribution in [1.82, 2.24) is 9.88 Å². The number of hydrogen-bond donors (Lipinski definition) is 1. The molecule has 0 aliphatic carbocycles.